The number of hydrogen-bond acceptors (Lipinski definition) is 2. The van der Waals surface area contributed by atoms with E-state index in [2.05, 4.69) is 4.98 Å². The van der Waals surface area contributed by atoms with Crippen molar-refractivity contribution in [1.29, 1.82) is 0 Å². The summed E-state index contributed by atoms with van der Waals surface area (Å²) >= 11 is 5.96. The molecule has 5 heteroatoms. The van der Waals surface area contributed by atoms with Gasteiger partial charge in [-0.15, -0.1) is 0 Å². The maximum Gasteiger partial charge on any atom is 0.248 e. The Morgan fingerprint density at radius 3 is 2.71 bits per heavy atom. The van der Waals surface area contributed by atoms with E-state index in [1.807, 2.05) is 6.07 Å². The molecule has 0 unspecified atom stereocenters. The van der Waals surface area contributed by atoms with E-state index in [9.17, 15) is 9.18 Å². The second-order valence-electron chi connectivity index (χ2n) is 4.53. The fourth-order valence-electron chi connectivity index (χ4n) is 2.09. The van der Waals surface area contributed by atoms with E-state index in [0.717, 1.165) is 5.39 Å². The number of aromatic nitrogens is 1. The molecule has 3 nitrogen and oxygen atoms in total. The Labute approximate surface area is 124 Å². The number of aromatic amines is 1. The maximum absolute atomic E-state index is 13.7. The van der Waals surface area contributed by atoms with Crippen LogP contribution in [0.2, 0.25) is 5.02 Å². The van der Waals surface area contributed by atoms with Crippen LogP contribution in [0, 0.1) is 5.82 Å². The van der Waals surface area contributed by atoms with Crippen molar-refractivity contribution in [3.05, 3.63) is 75.3 Å². The van der Waals surface area contributed by atoms with Crippen molar-refractivity contribution >= 4 is 22.5 Å². The molecule has 0 radical (unpaired) electrons. The molecule has 0 spiro atoms. The summed E-state index contributed by atoms with van der Waals surface area (Å²) in [5.41, 5.74) is 0.648. The summed E-state index contributed by atoms with van der Waals surface area (Å²) in [6, 6.07) is 13.0. The highest BCUT2D eigenvalue weighted by Crippen LogP contribution is 2.25. The summed E-state index contributed by atoms with van der Waals surface area (Å²) in [6.45, 7) is -0.0124. The van der Waals surface area contributed by atoms with Crippen LogP contribution in [-0.2, 0) is 6.61 Å². The van der Waals surface area contributed by atoms with Gasteiger partial charge in [-0.25, -0.2) is 4.39 Å². The minimum atomic E-state index is -0.420. The number of ether oxygens (including phenoxy) is 1. The largest absolute Gasteiger partial charge is 0.487 e. The number of para-hydroxylation sites is 1. The molecule has 0 atom stereocenters. The molecule has 0 aliphatic carbocycles. The van der Waals surface area contributed by atoms with Gasteiger partial charge in [-0.1, -0.05) is 29.8 Å². The first kappa shape index (κ1) is 13.6. The minimum absolute atomic E-state index is 0.0124. The average Bonchev–Trinajstić information content (AvgIpc) is 2.47. The summed E-state index contributed by atoms with van der Waals surface area (Å²) in [5, 5.41) is 1.15. The van der Waals surface area contributed by atoms with Gasteiger partial charge in [0.2, 0.25) is 5.56 Å². The van der Waals surface area contributed by atoms with Crippen molar-refractivity contribution in [2.45, 2.75) is 6.61 Å². The van der Waals surface area contributed by atoms with Gasteiger partial charge in [0.1, 0.15) is 18.2 Å². The lowest BCUT2D eigenvalue weighted by Gasteiger charge is -2.10. The number of rotatable bonds is 3. The van der Waals surface area contributed by atoms with Crippen molar-refractivity contribution in [2.24, 2.45) is 0 Å². The van der Waals surface area contributed by atoms with Gasteiger partial charge in [0.25, 0.3) is 0 Å². The Hall–Kier alpha value is -2.33. The van der Waals surface area contributed by atoms with Gasteiger partial charge < -0.3 is 9.72 Å². The number of halogens is 2. The Balaban J connectivity index is 1.96. The molecule has 0 aliphatic heterocycles. The molecule has 106 valence electrons. The highest BCUT2D eigenvalue weighted by atomic mass is 35.5. The molecule has 1 aromatic heterocycles. The van der Waals surface area contributed by atoms with Gasteiger partial charge in [0.15, 0.2) is 0 Å². The SMILES string of the molecule is O=c1ccc2cccc(OCc3c(F)cccc3Cl)c2[nH]1. The molecular weight excluding hydrogens is 293 g/mol. The molecular formula is C16H11ClFNO2. The first-order valence-electron chi connectivity index (χ1n) is 6.33. The Kier molecular flexibility index (Phi) is 3.62. The topological polar surface area (TPSA) is 42.1 Å². The maximum atomic E-state index is 13.7. The van der Waals surface area contributed by atoms with E-state index in [0.29, 0.717) is 16.3 Å². The summed E-state index contributed by atoms with van der Waals surface area (Å²) in [5.74, 6) is 0.0562. The Morgan fingerprint density at radius 2 is 1.90 bits per heavy atom. The minimum Gasteiger partial charge on any atom is -0.487 e. The lowest BCUT2D eigenvalue weighted by Crippen LogP contribution is -2.05. The number of nitrogens with one attached hydrogen (secondary N) is 1. The molecule has 21 heavy (non-hydrogen) atoms. The smallest absolute Gasteiger partial charge is 0.248 e. The molecule has 0 fully saturated rings. The Morgan fingerprint density at radius 1 is 1.10 bits per heavy atom. The number of hydrogen-bond donors (Lipinski definition) is 1. The van der Waals surface area contributed by atoms with E-state index in [1.54, 1.807) is 24.3 Å². The number of pyridine rings is 1. The fourth-order valence-corrected chi connectivity index (χ4v) is 2.31. The molecule has 0 saturated heterocycles. The standard InChI is InChI=1S/C16H11ClFNO2/c17-12-4-2-5-13(18)11(12)9-21-14-6-1-3-10-7-8-15(20)19-16(10)14/h1-8H,9H2,(H,19,20). The van der Waals surface area contributed by atoms with E-state index in [1.165, 1.54) is 18.2 Å². The molecule has 0 bridgehead atoms. The van der Waals surface area contributed by atoms with Crippen LogP contribution in [0.15, 0.2) is 53.3 Å². The van der Waals surface area contributed by atoms with E-state index < -0.39 is 5.82 Å². The number of benzene rings is 2. The van der Waals surface area contributed by atoms with E-state index in [4.69, 9.17) is 16.3 Å². The van der Waals surface area contributed by atoms with Crippen LogP contribution in [0.4, 0.5) is 4.39 Å². The second kappa shape index (κ2) is 5.58. The van der Waals surface area contributed by atoms with E-state index >= 15 is 0 Å². The van der Waals surface area contributed by atoms with Gasteiger partial charge in [0.05, 0.1) is 10.5 Å². The second-order valence-corrected chi connectivity index (χ2v) is 4.94. The first-order chi connectivity index (χ1) is 10.1. The zero-order chi connectivity index (χ0) is 14.8. The molecule has 0 amide bonds. The molecule has 2 aromatic carbocycles. The predicted octanol–water partition coefficient (Wildman–Crippen LogP) is 3.90. The van der Waals surface area contributed by atoms with Crippen LogP contribution < -0.4 is 10.3 Å². The molecule has 0 saturated carbocycles. The third-order valence-corrected chi connectivity index (χ3v) is 3.51. The predicted molar refractivity (Wildman–Crippen MR) is 80.3 cm³/mol. The monoisotopic (exact) mass is 303 g/mol. The third kappa shape index (κ3) is 2.76. The fraction of sp³-hybridized carbons (Fsp3) is 0.0625. The van der Waals surface area contributed by atoms with Gasteiger partial charge in [-0.3, -0.25) is 4.79 Å². The average molecular weight is 304 g/mol. The van der Waals surface area contributed by atoms with Gasteiger partial charge in [-0.05, 0) is 24.3 Å². The molecule has 3 rings (SSSR count). The van der Waals surface area contributed by atoms with Crippen LogP contribution in [-0.4, -0.2) is 4.98 Å². The normalized spacial score (nSPS) is 10.8. The Bertz CT molecular complexity index is 840. The third-order valence-electron chi connectivity index (χ3n) is 3.15. The van der Waals surface area contributed by atoms with Crippen molar-refractivity contribution in [3.63, 3.8) is 0 Å². The van der Waals surface area contributed by atoms with Gasteiger partial charge in [0, 0.05) is 17.0 Å². The molecule has 0 aliphatic rings. The zero-order valence-electron chi connectivity index (χ0n) is 10.9. The van der Waals surface area contributed by atoms with Crippen LogP contribution in [0.5, 0.6) is 5.75 Å². The zero-order valence-corrected chi connectivity index (χ0v) is 11.7. The van der Waals surface area contributed by atoms with Crippen LogP contribution in [0.3, 0.4) is 0 Å². The first-order valence-corrected chi connectivity index (χ1v) is 6.71. The molecule has 1 heterocycles. The summed E-state index contributed by atoms with van der Waals surface area (Å²) in [6.07, 6.45) is 0. The summed E-state index contributed by atoms with van der Waals surface area (Å²) < 4.78 is 19.3. The highest BCUT2D eigenvalue weighted by molar-refractivity contribution is 6.31. The molecule has 3 aromatic rings. The van der Waals surface area contributed by atoms with Crippen molar-refractivity contribution in [1.82, 2.24) is 4.98 Å². The van der Waals surface area contributed by atoms with Crippen molar-refractivity contribution < 1.29 is 9.13 Å². The molecule has 1 N–H and O–H groups in total. The van der Waals surface area contributed by atoms with Crippen LogP contribution in [0.25, 0.3) is 10.9 Å². The van der Waals surface area contributed by atoms with Crippen LogP contribution >= 0.6 is 11.6 Å². The number of H-pyrrole nitrogens is 1. The lowest BCUT2D eigenvalue weighted by molar-refractivity contribution is 0.303. The summed E-state index contributed by atoms with van der Waals surface area (Å²) in [7, 11) is 0. The lowest BCUT2D eigenvalue weighted by atomic mass is 10.2. The van der Waals surface area contributed by atoms with Crippen molar-refractivity contribution in [2.75, 3.05) is 0 Å². The highest BCUT2D eigenvalue weighted by Gasteiger charge is 2.09. The van der Waals surface area contributed by atoms with E-state index in [-0.39, 0.29) is 17.7 Å². The quantitative estimate of drug-likeness (QED) is 0.797. The summed E-state index contributed by atoms with van der Waals surface area (Å²) in [4.78, 5) is 14.1. The van der Waals surface area contributed by atoms with Crippen molar-refractivity contribution in [3.8, 4) is 5.75 Å². The van der Waals surface area contributed by atoms with Gasteiger partial charge in [-0.2, -0.15) is 0 Å². The van der Waals surface area contributed by atoms with Gasteiger partial charge >= 0.3 is 0 Å². The number of fused-ring (bicyclic) bond motifs is 1. The van der Waals surface area contributed by atoms with Crippen LogP contribution in [0.1, 0.15) is 5.56 Å².